The van der Waals surface area contributed by atoms with Crippen LogP contribution in [0, 0.1) is 0 Å². The molecular formula is C15H23NO2. The van der Waals surface area contributed by atoms with Gasteiger partial charge in [0, 0.05) is 5.54 Å². The summed E-state index contributed by atoms with van der Waals surface area (Å²) in [6.07, 6.45) is 0.179. The van der Waals surface area contributed by atoms with Crippen LogP contribution in [0.4, 0.5) is 0 Å². The molecule has 3 heteroatoms. The molecule has 1 rings (SSSR count). The van der Waals surface area contributed by atoms with Crippen LogP contribution in [-0.2, 0) is 20.5 Å². The normalized spacial score (nSPS) is 15.0. The molecule has 0 radical (unpaired) electrons. The minimum absolute atomic E-state index is 0.117. The van der Waals surface area contributed by atoms with E-state index in [0.717, 1.165) is 5.56 Å². The number of rotatable bonds is 3. The summed E-state index contributed by atoms with van der Waals surface area (Å²) < 4.78 is 4.67. The van der Waals surface area contributed by atoms with Gasteiger partial charge >= 0.3 is 5.97 Å². The summed E-state index contributed by atoms with van der Waals surface area (Å²) in [7, 11) is 1.38. The van der Waals surface area contributed by atoms with E-state index in [1.54, 1.807) is 0 Å². The van der Waals surface area contributed by atoms with Crippen LogP contribution in [-0.4, -0.2) is 13.1 Å². The predicted molar refractivity (Wildman–Crippen MR) is 73.3 cm³/mol. The highest BCUT2D eigenvalue weighted by Crippen LogP contribution is 2.27. The second kappa shape index (κ2) is 5.11. The smallest absolute Gasteiger partial charge is 0.307 e. The fourth-order valence-electron chi connectivity index (χ4n) is 1.83. The number of carbonyl (C=O) groups is 1. The first-order valence-electron chi connectivity index (χ1n) is 6.13. The molecule has 0 spiro atoms. The molecule has 100 valence electrons. The predicted octanol–water partition coefficient (Wildman–Crippen LogP) is 2.72. The molecule has 0 bridgehead atoms. The van der Waals surface area contributed by atoms with Crippen LogP contribution in [0.15, 0.2) is 24.3 Å². The van der Waals surface area contributed by atoms with Crippen molar-refractivity contribution in [1.82, 2.24) is 0 Å². The highest BCUT2D eigenvalue weighted by Gasteiger charge is 2.25. The maximum absolute atomic E-state index is 11.3. The highest BCUT2D eigenvalue weighted by atomic mass is 16.5. The fourth-order valence-corrected chi connectivity index (χ4v) is 1.83. The standard InChI is InChI=1S/C15H23NO2/c1-14(2,3)11-6-8-12(9-7-11)15(4,16)10-13(17)18-5/h6-9H,10,16H2,1-5H3. The van der Waals surface area contributed by atoms with Crippen molar-refractivity contribution >= 4 is 5.97 Å². The minimum Gasteiger partial charge on any atom is -0.469 e. The minimum atomic E-state index is -0.691. The van der Waals surface area contributed by atoms with Crippen molar-refractivity contribution < 1.29 is 9.53 Å². The van der Waals surface area contributed by atoms with E-state index in [9.17, 15) is 4.79 Å². The molecular weight excluding hydrogens is 226 g/mol. The van der Waals surface area contributed by atoms with Crippen molar-refractivity contribution in [2.45, 2.75) is 45.1 Å². The van der Waals surface area contributed by atoms with Gasteiger partial charge < -0.3 is 10.5 Å². The van der Waals surface area contributed by atoms with Crippen molar-refractivity contribution in [1.29, 1.82) is 0 Å². The second-order valence-corrected chi connectivity index (χ2v) is 6.00. The Kier molecular flexibility index (Phi) is 4.17. The molecule has 0 aliphatic rings. The molecule has 1 atom stereocenters. The van der Waals surface area contributed by atoms with E-state index >= 15 is 0 Å². The van der Waals surface area contributed by atoms with Crippen LogP contribution >= 0.6 is 0 Å². The Hall–Kier alpha value is -1.35. The molecule has 0 aliphatic heterocycles. The lowest BCUT2D eigenvalue weighted by molar-refractivity contribution is -0.141. The Bertz CT molecular complexity index is 413. The fraction of sp³-hybridized carbons (Fsp3) is 0.533. The number of ether oxygens (including phenoxy) is 1. The summed E-state index contributed by atoms with van der Waals surface area (Å²) in [5.74, 6) is -0.292. The molecule has 0 fully saturated rings. The molecule has 3 nitrogen and oxygen atoms in total. The number of hydrogen-bond acceptors (Lipinski definition) is 3. The molecule has 1 unspecified atom stereocenters. The lowest BCUT2D eigenvalue weighted by Crippen LogP contribution is -2.36. The van der Waals surface area contributed by atoms with E-state index in [-0.39, 0.29) is 17.8 Å². The quantitative estimate of drug-likeness (QED) is 0.838. The van der Waals surface area contributed by atoms with Crippen LogP contribution < -0.4 is 5.73 Å². The molecule has 0 heterocycles. The van der Waals surface area contributed by atoms with Crippen molar-refractivity contribution in [3.05, 3.63) is 35.4 Å². The topological polar surface area (TPSA) is 52.3 Å². The summed E-state index contributed by atoms with van der Waals surface area (Å²) in [6.45, 7) is 8.34. The molecule has 0 aromatic heterocycles. The molecule has 0 amide bonds. The second-order valence-electron chi connectivity index (χ2n) is 6.00. The van der Waals surface area contributed by atoms with Crippen molar-refractivity contribution in [3.8, 4) is 0 Å². The largest absolute Gasteiger partial charge is 0.469 e. The van der Waals surface area contributed by atoms with Crippen LogP contribution in [0.2, 0.25) is 0 Å². The Morgan fingerprint density at radius 1 is 1.11 bits per heavy atom. The SMILES string of the molecule is COC(=O)CC(C)(N)c1ccc(C(C)(C)C)cc1. The van der Waals surface area contributed by atoms with Gasteiger partial charge in [-0.25, -0.2) is 0 Å². The van der Waals surface area contributed by atoms with E-state index in [1.807, 2.05) is 19.1 Å². The first-order valence-corrected chi connectivity index (χ1v) is 6.13. The Balaban J connectivity index is 2.94. The van der Waals surface area contributed by atoms with Gasteiger partial charge in [0.05, 0.1) is 13.5 Å². The maximum atomic E-state index is 11.3. The monoisotopic (exact) mass is 249 g/mol. The van der Waals surface area contributed by atoms with Gasteiger partial charge in [0.2, 0.25) is 0 Å². The van der Waals surface area contributed by atoms with E-state index in [1.165, 1.54) is 12.7 Å². The zero-order valence-corrected chi connectivity index (χ0v) is 11.9. The van der Waals surface area contributed by atoms with Gasteiger partial charge in [-0.05, 0) is 23.5 Å². The molecule has 1 aromatic rings. The number of nitrogens with two attached hydrogens (primary N) is 1. The summed E-state index contributed by atoms with van der Waals surface area (Å²) in [4.78, 5) is 11.3. The van der Waals surface area contributed by atoms with Crippen molar-refractivity contribution in [3.63, 3.8) is 0 Å². The lowest BCUT2D eigenvalue weighted by Gasteiger charge is -2.25. The molecule has 0 aliphatic carbocycles. The van der Waals surface area contributed by atoms with Gasteiger partial charge in [-0.3, -0.25) is 4.79 Å². The van der Waals surface area contributed by atoms with E-state index < -0.39 is 5.54 Å². The molecule has 0 saturated heterocycles. The number of carbonyl (C=O) groups excluding carboxylic acids is 1. The summed E-state index contributed by atoms with van der Waals surface area (Å²) in [5.41, 5.74) is 7.79. The number of methoxy groups -OCH3 is 1. The Morgan fingerprint density at radius 3 is 1.94 bits per heavy atom. The van der Waals surface area contributed by atoms with Crippen LogP contribution in [0.5, 0.6) is 0 Å². The molecule has 2 N–H and O–H groups in total. The maximum Gasteiger partial charge on any atom is 0.307 e. The number of benzene rings is 1. The number of hydrogen-bond donors (Lipinski definition) is 1. The van der Waals surface area contributed by atoms with E-state index in [2.05, 4.69) is 37.6 Å². The average molecular weight is 249 g/mol. The van der Waals surface area contributed by atoms with Gasteiger partial charge in [-0.15, -0.1) is 0 Å². The van der Waals surface area contributed by atoms with E-state index in [4.69, 9.17) is 5.73 Å². The van der Waals surface area contributed by atoms with Gasteiger partial charge in [0.15, 0.2) is 0 Å². The van der Waals surface area contributed by atoms with Crippen molar-refractivity contribution in [2.24, 2.45) is 5.73 Å². The van der Waals surface area contributed by atoms with Crippen LogP contribution in [0.25, 0.3) is 0 Å². The van der Waals surface area contributed by atoms with E-state index in [0.29, 0.717) is 0 Å². The highest BCUT2D eigenvalue weighted by molar-refractivity contribution is 5.71. The van der Waals surface area contributed by atoms with Gasteiger partial charge in [-0.1, -0.05) is 45.0 Å². The zero-order chi connectivity index (χ0) is 14.0. The van der Waals surface area contributed by atoms with Gasteiger partial charge in [0.25, 0.3) is 0 Å². The molecule has 0 saturated carbocycles. The Labute approximate surface area is 109 Å². The van der Waals surface area contributed by atoms with Gasteiger partial charge in [-0.2, -0.15) is 0 Å². The first kappa shape index (κ1) is 14.7. The summed E-state index contributed by atoms with van der Waals surface area (Å²) in [6, 6.07) is 8.11. The summed E-state index contributed by atoms with van der Waals surface area (Å²) >= 11 is 0. The third-order valence-electron chi connectivity index (χ3n) is 3.15. The molecule has 18 heavy (non-hydrogen) atoms. The van der Waals surface area contributed by atoms with Crippen LogP contribution in [0.3, 0.4) is 0 Å². The van der Waals surface area contributed by atoms with Crippen molar-refractivity contribution in [2.75, 3.05) is 7.11 Å². The molecule has 1 aromatic carbocycles. The summed E-state index contributed by atoms with van der Waals surface area (Å²) in [5, 5.41) is 0. The van der Waals surface area contributed by atoms with Crippen LogP contribution in [0.1, 0.15) is 45.2 Å². The Morgan fingerprint density at radius 2 is 1.56 bits per heavy atom. The average Bonchev–Trinajstić information content (AvgIpc) is 2.27. The van der Waals surface area contributed by atoms with Gasteiger partial charge in [0.1, 0.15) is 0 Å². The number of esters is 1. The third-order valence-corrected chi connectivity index (χ3v) is 3.15. The lowest BCUT2D eigenvalue weighted by atomic mass is 9.83. The first-order chi connectivity index (χ1) is 8.16. The zero-order valence-electron chi connectivity index (χ0n) is 11.9. The third kappa shape index (κ3) is 3.57.